The average Bonchev–Trinajstić information content (AvgIpc) is 3.19. The molecule has 0 unspecified atom stereocenters. The normalized spacial score (nSPS) is 15.9. The highest BCUT2D eigenvalue weighted by Gasteiger charge is 2.34. The lowest BCUT2D eigenvalue weighted by Gasteiger charge is -2.36. The summed E-state index contributed by atoms with van der Waals surface area (Å²) in [4.78, 5) is 20.5. The summed E-state index contributed by atoms with van der Waals surface area (Å²) in [5.41, 5.74) is -0.846. The van der Waals surface area contributed by atoms with Gasteiger partial charge in [0.1, 0.15) is 18.1 Å². The SMILES string of the molecule is O=C(CN1CCN(c2ccc(C(F)(F)F)cn2)CC1)N(Cc1ccco1)CC(F)(F)F. The van der Waals surface area contributed by atoms with Crippen LogP contribution in [0.3, 0.4) is 0 Å². The number of aromatic nitrogens is 1. The molecule has 0 aliphatic carbocycles. The molecule has 3 rings (SSSR count). The zero-order valence-corrected chi connectivity index (χ0v) is 16.3. The Morgan fingerprint density at radius 2 is 1.77 bits per heavy atom. The van der Waals surface area contributed by atoms with E-state index in [2.05, 4.69) is 4.98 Å². The van der Waals surface area contributed by atoms with E-state index in [1.165, 1.54) is 24.5 Å². The van der Waals surface area contributed by atoms with E-state index in [1.807, 2.05) is 0 Å². The molecular formula is C19H20F6N4O2. The van der Waals surface area contributed by atoms with Crippen LogP contribution in [0, 0.1) is 0 Å². The minimum Gasteiger partial charge on any atom is -0.467 e. The number of anilines is 1. The van der Waals surface area contributed by atoms with Crippen LogP contribution in [-0.2, 0) is 17.5 Å². The van der Waals surface area contributed by atoms with Gasteiger partial charge in [0.05, 0.1) is 24.9 Å². The quantitative estimate of drug-likeness (QED) is 0.632. The molecule has 0 radical (unpaired) electrons. The van der Waals surface area contributed by atoms with Gasteiger partial charge in [-0.2, -0.15) is 26.3 Å². The second kappa shape index (κ2) is 9.16. The van der Waals surface area contributed by atoms with Crippen LogP contribution in [0.5, 0.6) is 0 Å². The van der Waals surface area contributed by atoms with E-state index in [0.717, 1.165) is 12.3 Å². The molecule has 1 saturated heterocycles. The zero-order chi connectivity index (χ0) is 22.6. The zero-order valence-electron chi connectivity index (χ0n) is 16.3. The van der Waals surface area contributed by atoms with E-state index in [4.69, 9.17) is 4.42 Å². The molecule has 170 valence electrons. The summed E-state index contributed by atoms with van der Waals surface area (Å²) in [6.07, 6.45) is -6.94. The highest BCUT2D eigenvalue weighted by molar-refractivity contribution is 5.78. The minimum absolute atomic E-state index is 0.203. The Morgan fingerprint density at radius 3 is 2.29 bits per heavy atom. The first-order chi connectivity index (χ1) is 14.5. The van der Waals surface area contributed by atoms with Gasteiger partial charge in [-0.3, -0.25) is 9.69 Å². The second-order valence-corrected chi connectivity index (χ2v) is 7.11. The monoisotopic (exact) mass is 450 g/mol. The smallest absolute Gasteiger partial charge is 0.417 e. The van der Waals surface area contributed by atoms with E-state index in [0.29, 0.717) is 36.9 Å². The number of rotatable bonds is 6. The van der Waals surface area contributed by atoms with Crippen molar-refractivity contribution in [2.45, 2.75) is 18.9 Å². The van der Waals surface area contributed by atoms with Crippen molar-refractivity contribution in [3.8, 4) is 0 Å². The van der Waals surface area contributed by atoms with Gasteiger partial charge in [-0.25, -0.2) is 4.98 Å². The Labute approximate surface area is 174 Å². The number of furan rings is 1. The molecule has 2 aromatic rings. The van der Waals surface area contributed by atoms with Gasteiger partial charge in [0, 0.05) is 32.4 Å². The van der Waals surface area contributed by atoms with E-state index >= 15 is 0 Å². The van der Waals surface area contributed by atoms with Crippen LogP contribution in [0.25, 0.3) is 0 Å². The molecular weight excluding hydrogens is 430 g/mol. The summed E-state index contributed by atoms with van der Waals surface area (Å²) >= 11 is 0. The van der Waals surface area contributed by atoms with E-state index in [9.17, 15) is 31.1 Å². The number of nitrogens with zero attached hydrogens (tertiary/aromatic N) is 4. The fourth-order valence-corrected chi connectivity index (χ4v) is 3.21. The van der Waals surface area contributed by atoms with Crippen molar-refractivity contribution in [2.75, 3.05) is 44.2 Å². The Morgan fingerprint density at radius 1 is 1.06 bits per heavy atom. The average molecular weight is 450 g/mol. The number of hydrogen-bond acceptors (Lipinski definition) is 5. The molecule has 1 aliphatic heterocycles. The first-order valence-electron chi connectivity index (χ1n) is 9.39. The molecule has 0 aromatic carbocycles. The lowest BCUT2D eigenvalue weighted by atomic mass is 10.2. The van der Waals surface area contributed by atoms with Crippen LogP contribution in [0.15, 0.2) is 41.1 Å². The lowest BCUT2D eigenvalue weighted by Crippen LogP contribution is -2.51. The van der Waals surface area contributed by atoms with Crippen molar-refractivity contribution in [3.63, 3.8) is 0 Å². The van der Waals surface area contributed by atoms with Crippen molar-refractivity contribution < 1.29 is 35.6 Å². The molecule has 12 heteroatoms. The summed E-state index contributed by atoms with van der Waals surface area (Å²) in [6, 6.07) is 5.24. The number of halogens is 6. The lowest BCUT2D eigenvalue weighted by molar-refractivity contribution is -0.163. The van der Waals surface area contributed by atoms with Crippen molar-refractivity contribution in [3.05, 3.63) is 48.0 Å². The van der Waals surface area contributed by atoms with E-state index in [-0.39, 0.29) is 18.8 Å². The molecule has 0 atom stereocenters. The van der Waals surface area contributed by atoms with E-state index < -0.39 is 30.4 Å². The molecule has 3 heterocycles. The van der Waals surface area contributed by atoms with Crippen molar-refractivity contribution in [1.82, 2.24) is 14.8 Å². The molecule has 1 amide bonds. The number of amides is 1. The van der Waals surface area contributed by atoms with Crippen LogP contribution in [-0.4, -0.2) is 66.1 Å². The maximum Gasteiger partial charge on any atom is 0.417 e. The van der Waals surface area contributed by atoms with Gasteiger partial charge in [0.15, 0.2) is 0 Å². The summed E-state index contributed by atoms with van der Waals surface area (Å²) in [6.45, 7) is -0.413. The Bertz CT molecular complexity index is 844. The highest BCUT2D eigenvalue weighted by atomic mass is 19.4. The first kappa shape index (κ1) is 22.9. The van der Waals surface area contributed by atoms with Crippen molar-refractivity contribution >= 4 is 11.7 Å². The molecule has 0 bridgehead atoms. The van der Waals surface area contributed by atoms with Crippen LogP contribution < -0.4 is 4.90 Å². The van der Waals surface area contributed by atoms with Crippen LogP contribution in [0.2, 0.25) is 0 Å². The predicted molar refractivity (Wildman–Crippen MR) is 98.1 cm³/mol. The molecule has 6 nitrogen and oxygen atoms in total. The topological polar surface area (TPSA) is 52.8 Å². The summed E-state index contributed by atoms with van der Waals surface area (Å²) in [5.74, 6) is -0.0684. The molecule has 31 heavy (non-hydrogen) atoms. The number of hydrogen-bond donors (Lipinski definition) is 0. The molecule has 2 aromatic heterocycles. The summed E-state index contributed by atoms with van der Waals surface area (Å²) < 4.78 is 81.7. The third-order valence-corrected chi connectivity index (χ3v) is 4.78. The number of carbonyl (C=O) groups excluding carboxylic acids is 1. The third kappa shape index (κ3) is 6.61. The molecule has 1 aliphatic rings. The maximum atomic E-state index is 12.9. The predicted octanol–water partition coefficient (Wildman–Crippen LogP) is 3.41. The number of alkyl halides is 6. The summed E-state index contributed by atoms with van der Waals surface area (Å²) in [7, 11) is 0. The van der Waals surface area contributed by atoms with Crippen LogP contribution >= 0.6 is 0 Å². The Kier molecular flexibility index (Phi) is 6.77. The number of carbonyl (C=O) groups is 1. The van der Waals surface area contributed by atoms with Gasteiger partial charge in [0.2, 0.25) is 5.91 Å². The standard InChI is InChI=1S/C19H20F6N4O2/c20-18(21,22)13-29(11-15-2-1-9-31-15)17(30)12-27-5-7-28(8-6-27)16-4-3-14(10-26-16)19(23,24)25/h1-4,9-10H,5-8,11-13H2. The summed E-state index contributed by atoms with van der Waals surface area (Å²) in [5, 5.41) is 0. The first-order valence-corrected chi connectivity index (χ1v) is 9.39. The maximum absolute atomic E-state index is 12.9. The van der Waals surface area contributed by atoms with Gasteiger partial charge in [0.25, 0.3) is 0 Å². The Hall–Kier alpha value is -2.76. The van der Waals surface area contributed by atoms with Gasteiger partial charge in [-0.05, 0) is 24.3 Å². The van der Waals surface area contributed by atoms with Crippen molar-refractivity contribution in [1.29, 1.82) is 0 Å². The number of pyridine rings is 1. The minimum atomic E-state index is -4.55. The largest absolute Gasteiger partial charge is 0.467 e. The fourth-order valence-electron chi connectivity index (χ4n) is 3.21. The van der Waals surface area contributed by atoms with Gasteiger partial charge < -0.3 is 14.2 Å². The second-order valence-electron chi connectivity index (χ2n) is 7.11. The van der Waals surface area contributed by atoms with Crippen molar-refractivity contribution in [2.24, 2.45) is 0 Å². The highest BCUT2D eigenvalue weighted by Crippen LogP contribution is 2.29. The van der Waals surface area contributed by atoms with Crippen LogP contribution in [0.1, 0.15) is 11.3 Å². The van der Waals surface area contributed by atoms with Gasteiger partial charge in [-0.1, -0.05) is 0 Å². The molecule has 0 spiro atoms. The Balaban J connectivity index is 1.55. The fraction of sp³-hybridized carbons (Fsp3) is 0.474. The van der Waals surface area contributed by atoms with Gasteiger partial charge >= 0.3 is 12.4 Å². The molecule has 0 N–H and O–H groups in total. The van der Waals surface area contributed by atoms with Crippen LogP contribution in [0.4, 0.5) is 32.2 Å². The third-order valence-electron chi connectivity index (χ3n) is 4.78. The molecule has 0 saturated carbocycles. The van der Waals surface area contributed by atoms with E-state index in [1.54, 1.807) is 9.80 Å². The molecule has 1 fully saturated rings. The number of piperazine rings is 1. The van der Waals surface area contributed by atoms with Gasteiger partial charge in [-0.15, -0.1) is 0 Å².